The molecule has 2 N–H and O–H groups in total. The van der Waals surface area contributed by atoms with Gasteiger partial charge in [-0.15, -0.1) is 31.4 Å². The Morgan fingerprint density at radius 2 is 2.00 bits per heavy atom. The minimum absolute atomic E-state index is 0. The Hall–Kier alpha value is -1.41. The molecule has 1 aromatic carbocycles. The predicted molar refractivity (Wildman–Crippen MR) is 86.6 cm³/mol. The molecule has 1 aliphatic rings. The zero-order valence-corrected chi connectivity index (χ0v) is 13.3. The Kier molecular flexibility index (Phi) is 8.32. The Labute approximate surface area is 140 Å². The van der Waals surface area contributed by atoms with Crippen molar-refractivity contribution in [3.63, 3.8) is 0 Å². The maximum absolute atomic E-state index is 13.6. The molecule has 0 bridgehead atoms. The van der Waals surface area contributed by atoms with Gasteiger partial charge in [-0.3, -0.25) is 15.0 Å². The van der Waals surface area contributed by atoms with Crippen LogP contribution in [0.3, 0.4) is 0 Å². The van der Waals surface area contributed by atoms with Gasteiger partial charge in [-0.05, 0) is 6.07 Å². The zero-order chi connectivity index (χ0) is 14.7. The van der Waals surface area contributed by atoms with E-state index >= 15 is 0 Å². The van der Waals surface area contributed by atoms with E-state index in [9.17, 15) is 19.6 Å². The molecule has 124 valence electrons. The topological polar surface area (TPSA) is 78.6 Å². The van der Waals surface area contributed by atoms with Gasteiger partial charge in [0.25, 0.3) is 0 Å². The Morgan fingerprint density at radius 3 is 2.50 bits per heavy atom. The maximum Gasteiger partial charge on any atom is 0.313 e. The minimum atomic E-state index is -0.792. The molecule has 1 fully saturated rings. The molecule has 0 aliphatic carbocycles. The van der Waals surface area contributed by atoms with Crippen molar-refractivity contribution < 1.29 is 14.4 Å². The van der Waals surface area contributed by atoms with Crippen LogP contribution in [0.4, 0.5) is 10.1 Å². The number of nitro benzene ring substituents is 1. The van der Waals surface area contributed by atoms with Crippen molar-refractivity contribution in [1.82, 2.24) is 10.2 Å². The zero-order valence-electron chi connectivity index (χ0n) is 11.7. The van der Waals surface area contributed by atoms with E-state index in [1.165, 1.54) is 0 Å². The lowest BCUT2D eigenvalue weighted by atomic mass is 10.0. The molecule has 1 saturated heterocycles. The third-order valence-corrected chi connectivity index (χ3v) is 3.37. The first-order chi connectivity index (χ1) is 9.54. The number of aromatic hydroxyl groups is 1. The second kappa shape index (κ2) is 8.89. The van der Waals surface area contributed by atoms with Gasteiger partial charge in [0, 0.05) is 31.7 Å². The van der Waals surface area contributed by atoms with E-state index in [0.717, 1.165) is 25.2 Å². The van der Waals surface area contributed by atoms with Gasteiger partial charge >= 0.3 is 5.69 Å². The maximum atomic E-state index is 13.6. The number of rotatable bonds is 4. The van der Waals surface area contributed by atoms with E-state index < -0.39 is 28.2 Å². The van der Waals surface area contributed by atoms with E-state index in [1.807, 2.05) is 4.90 Å². The van der Waals surface area contributed by atoms with Gasteiger partial charge in [0.15, 0.2) is 5.75 Å². The van der Waals surface area contributed by atoms with Crippen molar-refractivity contribution in [1.29, 1.82) is 0 Å². The van der Waals surface area contributed by atoms with Crippen LogP contribution < -0.4 is 5.32 Å². The smallest absolute Gasteiger partial charge is 0.313 e. The fourth-order valence-corrected chi connectivity index (χ4v) is 2.40. The van der Waals surface area contributed by atoms with Crippen molar-refractivity contribution in [3.05, 3.63) is 46.3 Å². The van der Waals surface area contributed by atoms with Crippen molar-refractivity contribution in [2.45, 2.75) is 6.04 Å². The summed E-state index contributed by atoms with van der Waals surface area (Å²) in [6, 6.07) is 1.39. The molecule has 1 atom stereocenters. The van der Waals surface area contributed by atoms with Gasteiger partial charge in [0.1, 0.15) is 5.82 Å². The van der Waals surface area contributed by atoms with Crippen LogP contribution in [0.5, 0.6) is 5.75 Å². The monoisotopic (exact) mass is 353 g/mol. The lowest BCUT2D eigenvalue weighted by Crippen LogP contribution is -2.44. The summed E-state index contributed by atoms with van der Waals surface area (Å²) in [5, 5.41) is 24.0. The fourth-order valence-electron chi connectivity index (χ4n) is 2.40. The number of phenols is 1. The number of halogens is 3. The molecule has 0 spiro atoms. The molecule has 0 radical (unpaired) electrons. The minimum Gasteiger partial charge on any atom is -0.502 e. The molecule has 0 unspecified atom stereocenters. The highest BCUT2D eigenvalue weighted by Gasteiger charge is 2.27. The Balaban J connectivity index is 0.00000220. The molecule has 2 rings (SSSR count). The van der Waals surface area contributed by atoms with Crippen LogP contribution in [-0.4, -0.2) is 41.1 Å². The lowest BCUT2D eigenvalue weighted by Gasteiger charge is -2.33. The first-order valence-electron chi connectivity index (χ1n) is 6.28. The number of hydrogen-bond donors (Lipinski definition) is 2. The van der Waals surface area contributed by atoms with Gasteiger partial charge < -0.3 is 10.4 Å². The Bertz CT molecular complexity index is 540. The highest BCUT2D eigenvalue weighted by molar-refractivity contribution is 5.85. The summed E-state index contributed by atoms with van der Waals surface area (Å²) in [7, 11) is 0. The summed E-state index contributed by atoms with van der Waals surface area (Å²) >= 11 is 0. The normalized spacial score (nSPS) is 16.0. The summed E-state index contributed by atoms with van der Waals surface area (Å²) < 4.78 is 13.6. The van der Waals surface area contributed by atoms with Gasteiger partial charge in [0.2, 0.25) is 0 Å². The van der Waals surface area contributed by atoms with E-state index in [1.54, 1.807) is 6.08 Å². The average Bonchev–Trinajstić information content (AvgIpc) is 2.44. The summed E-state index contributed by atoms with van der Waals surface area (Å²) in [5.74, 6) is -1.24. The van der Waals surface area contributed by atoms with E-state index in [-0.39, 0.29) is 30.4 Å². The van der Waals surface area contributed by atoms with Crippen molar-refractivity contribution in [3.8, 4) is 5.75 Å². The molecule has 9 heteroatoms. The van der Waals surface area contributed by atoms with Crippen molar-refractivity contribution in [2.24, 2.45) is 0 Å². The molecular weight excluding hydrogens is 336 g/mol. The van der Waals surface area contributed by atoms with Gasteiger partial charge in [-0.1, -0.05) is 6.08 Å². The number of phenolic OH excluding ortho intramolecular Hbond substituents is 1. The second-order valence-corrected chi connectivity index (χ2v) is 4.59. The molecule has 6 nitrogen and oxygen atoms in total. The first-order valence-corrected chi connectivity index (χ1v) is 6.28. The number of piperazine rings is 1. The van der Waals surface area contributed by atoms with Crippen LogP contribution >= 0.6 is 24.8 Å². The van der Waals surface area contributed by atoms with E-state index in [0.29, 0.717) is 13.1 Å². The fraction of sp³-hybridized carbons (Fsp3) is 0.385. The van der Waals surface area contributed by atoms with Crippen molar-refractivity contribution >= 4 is 30.5 Å². The third kappa shape index (κ3) is 4.30. The molecule has 1 heterocycles. The molecule has 0 saturated carbocycles. The summed E-state index contributed by atoms with van der Waals surface area (Å²) in [5.41, 5.74) is -0.449. The first kappa shape index (κ1) is 20.6. The standard InChI is InChI=1S/C13H16FN3O3.2ClH/c1-2-11(16-5-3-15-4-6-16)10-7-9(14)8-12(13(10)18)17(19)20;;/h2,7-8,11,15,18H,1,3-6H2;2*1H/t11-;;/m1../s1. The highest BCUT2D eigenvalue weighted by Crippen LogP contribution is 2.37. The van der Waals surface area contributed by atoms with Crippen LogP contribution in [0.15, 0.2) is 24.8 Å². The molecule has 1 aliphatic heterocycles. The van der Waals surface area contributed by atoms with Gasteiger partial charge in [-0.2, -0.15) is 0 Å². The number of hydrogen-bond acceptors (Lipinski definition) is 5. The number of nitro groups is 1. The third-order valence-electron chi connectivity index (χ3n) is 3.37. The molecule has 1 aromatic rings. The van der Waals surface area contributed by atoms with Crippen LogP contribution in [-0.2, 0) is 0 Å². The Morgan fingerprint density at radius 1 is 1.41 bits per heavy atom. The van der Waals surface area contributed by atoms with Crippen LogP contribution in [0.25, 0.3) is 0 Å². The largest absolute Gasteiger partial charge is 0.502 e. The molecular formula is C13H18Cl2FN3O3. The second-order valence-electron chi connectivity index (χ2n) is 4.59. The average molecular weight is 354 g/mol. The summed E-state index contributed by atoms with van der Waals surface area (Å²) in [6.45, 7) is 6.61. The van der Waals surface area contributed by atoms with E-state index in [2.05, 4.69) is 11.9 Å². The highest BCUT2D eigenvalue weighted by atomic mass is 35.5. The summed E-state index contributed by atoms with van der Waals surface area (Å²) in [6.07, 6.45) is 1.56. The van der Waals surface area contributed by atoms with Gasteiger partial charge in [0.05, 0.1) is 17.0 Å². The lowest BCUT2D eigenvalue weighted by molar-refractivity contribution is -0.386. The molecule has 22 heavy (non-hydrogen) atoms. The van der Waals surface area contributed by atoms with E-state index in [4.69, 9.17) is 0 Å². The van der Waals surface area contributed by atoms with Crippen LogP contribution in [0.1, 0.15) is 11.6 Å². The summed E-state index contributed by atoms with van der Waals surface area (Å²) in [4.78, 5) is 12.0. The van der Waals surface area contributed by atoms with Crippen LogP contribution in [0, 0.1) is 15.9 Å². The number of nitrogens with zero attached hydrogens (tertiary/aromatic N) is 2. The SMILES string of the molecule is C=C[C@H](c1cc(F)cc([N+](=O)[O-])c1O)N1CCNCC1.Cl.Cl. The molecule has 0 aromatic heterocycles. The quantitative estimate of drug-likeness (QED) is 0.493. The number of nitrogens with one attached hydrogen (secondary N) is 1. The van der Waals surface area contributed by atoms with Crippen molar-refractivity contribution in [2.75, 3.05) is 26.2 Å². The molecule has 0 amide bonds. The van der Waals surface area contributed by atoms with Gasteiger partial charge in [-0.25, -0.2) is 4.39 Å². The van der Waals surface area contributed by atoms with Crippen LogP contribution in [0.2, 0.25) is 0 Å². The number of benzene rings is 1. The predicted octanol–water partition coefficient (Wildman–Crippen LogP) is 2.42.